The van der Waals surface area contributed by atoms with Crippen LogP contribution in [0.3, 0.4) is 0 Å². The van der Waals surface area contributed by atoms with E-state index >= 15 is 0 Å². The molecule has 96 heavy (non-hydrogen) atoms. The van der Waals surface area contributed by atoms with E-state index in [2.05, 4.69) is 416 Å². The van der Waals surface area contributed by atoms with E-state index in [0.717, 1.165) is 16.7 Å². The van der Waals surface area contributed by atoms with Crippen LogP contribution >= 0.6 is 0 Å². The highest BCUT2D eigenvalue weighted by atomic mass is 14.3. The van der Waals surface area contributed by atoms with Crippen LogP contribution < -0.4 is 0 Å². The summed E-state index contributed by atoms with van der Waals surface area (Å²) in [5.41, 5.74) is 29.9. The first-order chi connectivity index (χ1) is 45.2. The van der Waals surface area contributed by atoms with Gasteiger partial charge in [0.05, 0.1) is 0 Å². The molecule has 0 aromatic heterocycles. The normalized spacial score (nSPS) is 13.1. The fourth-order valence-corrected chi connectivity index (χ4v) is 11.6. The Kier molecular flexibility index (Phi) is 20.6. The molecule has 0 aliphatic carbocycles. The average Bonchev–Trinajstić information content (AvgIpc) is 0.825. The Labute approximate surface area is 578 Å². The summed E-state index contributed by atoms with van der Waals surface area (Å²) >= 11 is 0. The Morgan fingerprint density at radius 2 is 0.260 bits per heavy atom. The van der Waals surface area contributed by atoms with Crippen molar-refractivity contribution >= 4 is 72.9 Å². The van der Waals surface area contributed by atoms with Gasteiger partial charge in [0, 0.05) is 0 Å². The lowest BCUT2D eigenvalue weighted by Gasteiger charge is -2.25. The molecular formula is C96H102. The van der Waals surface area contributed by atoms with Gasteiger partial charge in [0.15, 0.2) is 0 Å². The van der Waals surface area contributed by atoms with Gasteiger partial charge in [-0.2, -0.15) is 0 Å². The minimum absolute atomic E-state index is 0.0783. The highest BCUT2D eigenvalue weighted by Crippen LogP contribution is 2.37. The Morgan fingerprint density at radius 3 is 0.396 bits per heavy atom. The fraction of sp³-hybridized carbons (Fsp3) is 0.250. The van der Waals surface area contributed by atoms with Crippen LogP contribution in [0, 0.1) is 0 Å². The van der Waals surface area contributed by atoms with E-state index in [4.69, 9.17) is 0 Å². The zero-order valence-corrected chi connectivity index (χ0v) is 60.7. The second-order valence-corrected chi connectivity index (χ2v) is 32.7. The van der Waals surface area contributed by atoms with Crippen molar-refractivity contribution in [1.29, 1.82) is 0 Å². The van der Waals surface area contributed by atoms with E-state index in [1.54, 1.807) is 0 Å². The Morgan fingerprint density at radius 1 is 0.135 bits per heavy atom. The van der Waals surface area contributed by atoms with Crippen molar-refractivity contribution in [3.8, 4) is 33.4 Å². The first-order valence-corrected chi connectivity index (χ1v) is 34.6. The molecule has 0 saturated carbocycles. The van der Waals surface area contributed by atoms with E-state index in [-0.39, 0.29) is 32.5 Å². The largest absolute Gasteiger partial charge is 0.0561 e. The van der Waals surface area contributed by atoms with Gasteiger partial charge in [-0.05, 0) is 184 Å². The van der Waals surface area contributed by atoms with Crippen molar-refractivity contribution < 1.29 is 0 Å². The zero-order chi connectivity index (χ0) is 68.8. The molecule has 0 heterocycles. The average molecular weight is 1260 g/mol. The maximum Gasteiger partial charge on any atom is -0.0132 e. The van der Waals surface area contributed by atoms with Gasteiger partial charge in [0.25, 0.3) is 0 Å². The number of hydrogen-bond donors (Lipinski definition) is 0. The summed E-state index contributed by atoms with van der Waals surface area (Å²) < 4.78 is 0. The number of hydrogen-bond acceptors (Lipinski definition) is 0. The van der Waals surface area contributed by atoms with Gasteiger partial charge in [0.1, 0.15) is 0 Å². The topological polar surface area (TPSA) is 0 Å². The lowest BCUT2D eigenvalue weighted by atomic mass is 9.79. The summed E-state index contributed by atoms with van der Waals surface area (Å²) in [6, 6.07) is 81.6. The molecule has 0 aliphatic rings. The Bertz CT molecular complexity index is 3920. The second kappa shape index (κ2) is 28.5. The van der Waals surface area contributed by atoms with Crippen LogP contribution in [0.2, 0.25) is 0 Å². The van der Waals surface area contributed by atoms with Crippen molar-refractivity contribution in [2.45, 2.75) is 157 Å². The standard InChI is InChI=1S/C96H102/c1-91(2,3)85-55-76(56-86(64-85)92(4,5)6)40-37-70-25-19-67(20-26-70)31-34-73-43-49-79(50-44-73)82-61-83(80-51-45-74(46-52-80)35-32-68-21-27-71(28-22-68)38-41-77-57-87(93(7,8)9)65-88(58-77)94(10,11)12)63-84(62-82)81-53-47-75(48-54-81)36-33-69-23-29-72(30-24-69)39-42-78-59-89(95(13,14)15)66-90(60-78)96(16,17)18/h19-66H,1-18H3/b34-31+,35-32+,36-33+,40-37+,41-38+,42-39+. The lowest BCUT2D eigenvalue weighted by Crippen LogP contribution is -2.16. The molecule has 0 spiro atoms. The quantitative estimate of drug-likeness (QED) is 0.0898. The third kappa shape index (κ3) is 19.0. The molecule has 10 aromatic carbocycles. The first-order valence-electron chi connectivity index (χ1n) is 34.6. The van der Waals surface area contributed by atoms with E-state index in [1.165, 1.54) is 117 Å². The van der Waals surface area contributed by atoms with Crippen molar-refractivity contribution in [2.75, 3.05) is 0 Å². The highest BCUT2D eigenvalue weighted by Gasteiger charge is 2.23. The molecule has 0 aliphatic heterocycles. The van der Waals surface area contributed by atoms with E-state index < -0.39 is 0 Å². The molecule has 0 amide bonds. The van der Waals surface area contributed by atoms with Gasteiger partial charge in [-0.25, -0.2) is 0 Å². The summed E-state index contributed by atoms with van der Waals surface area (Å²) in [5.74, 6) is 0. The van der Waals surface area contributed by atoms with E-state index in [0.29, 0.717) is 0 Å². The van der Waals surface area contributed by atoms with Gasteiger partial charge in [-0.3, -0.25) is 0 Å². The molecular weight excluding hydrogens is 1150 g/mol. The molecule has 0 N–H and O–H groups in total. The molecule has 10 aromatic rings. The van der Waals surface area contributed by atoms with Gasteiger partial charge >= 0.3 is 0 Å². The van der Waals surface area contributed by atoms with Crippen LogP contribution in [0.15, 0.2) is 218 Å². The Balaban J connectivity index is 0.862. The molecule has 0 atom stereocenters. The smallest absolute Gasteiger partial charge is 0.0132 e. The fourth-order valence-electron chi connectivity index (χ4n) is 11.6. The van der Waals surface area contributed by atoms with Gasteiger partial charge in [0.2, 0.25) is 0 Å². The molecule has 0 radical (unpaired) electrons. The minimum Gasteiger partial charge on any atom is -0.0561 e. The summed E-state index contributed by atoms with van der Waals surface area (Å²) in [5, 5.41) is 0. The molecule has 0 unspecified atom stereocenters. The molecule has 0 bridgehead atoms. The van der Waals surface area contributed by atoms with Gasteiger partial charge < -0.3 is 0 Å². The summed E-state index contributed by atoms with van der Waals surface area (Å²) in [4.78, 5) is 0. The van der Waals surface area contributed by atoms with Crippen LogP contribution in [-0.4, -0.2) is 0 Å². The lowest BCUT2D eigenvalue weighted by molar-refractivity contribution is 0.568. The summed E-state index contributed by atoms with van der Waals surface area (Å²) in [6.45, 7) is 41.3. The van der Waals surface area contributed by atoms with Crippen molar-refractivity contribution in [3.63, 3.8) is 0 Å². The first kappa shape index (κ1) is 69.5. The van der Waals surface area contributed by atoms with Gasteiger partial charge in [-0.15, -0.1) is 0 Å². The summed E-state index contributed by atoms with van der Waals surface area (Å²) in [7, 11) is 0. The number of benzene rings is 10. The van der Waals surface area contributed by atoms with Crippen LogP contribution in [0.5, 0.6) is 0 Å². The van der Waals surface area contributed by atoms with E-state index in [9.17, 15) is 0 Å². The molecule has 0 heteroatoms. The predicted molar refractivity (Wildman–Crippen MR) is 427 cm³/mol. The molecule has 0 fully saturated rings. The van der Waals surface area contributed by atoms with E-state index in [1.807, 2.05) is 0 Å². The third-order valence-electron chi connectivity index (χ3n) is 18.3. The van der Waals surface area contributed by atoms with Crippen LogP contribution in [0.25, 0.3) is 106 Å². The molecule has 486 valence electrons. The minimum atomic E-state index is 0.0783. The maximum atomic E-state index is 2.38. The maximum absolute atomic E-state index is 2.38. The highest BCUT2D eigenvalue weighted by molar-refractivity contribution is 5.84. The van der Waals surface area contributed by atoms with Crippen LogP contribution in [0.4, 0.5) is 0 Å². The van der Waals surface area contributed by atoms with Crippen molar-refractivity contribution in [1.82, 2.24) is 0 Å². The molecule has 0 saturated heterocycles. The van der Waals surface area contributed by atoms with Crippen molar-refractivity contribution in [3.05, 3.63) is 319 Å². The van der Waals surface area contributed by atoms with Crippen LogP contribution in [-0.2, 0) is 32.5 Å². The SMILES string of the molecule is CC(C)(C)c1cc(/C=C/c2ccc(/C=C/c3ccc(-c4cc(-c5ccc(/C=C/c6ccc(/C=C/c7cc(C(C)(C)C)cc(C(C)(C)C)c7)cc6)cc5)cc(-c5ccc(/C=C/c6ccc(/C=C/c7cc(C(C)(C)C)cc(C(C)(C)C)c7)cc6)cc5)c4)cc3)cc2)cc(C(C)(C)C)c1. The molecule has 10 rings (SSSR count). The second-order valence-electron chi connectivity index (χ2n) is 32.7. The zero-order valence-electron chi connectivity index (χ0n) is 60.7. The number of rotatable bonds is 15. The van der Waals surface area contributed by atoms with Crippen molar-refractivity contribution in [2.24, 2.45) is 0 Å². The monoisotopic (exact) mass is 1250 g/mol. The third-order valence-corrected chi connectivity index (χ3v) is 18.3. The van der Waals surface area contributed by atoms with Gasteiger partial charge in [-0.1, -0.05) is 398 Å². The summed E-state index contributed by atoms with van der Waals surface area (Å²) in [6.07, 6.45) is 26.7. The predicted octanol–water partition coefficient (Wildman–Crippen LogP) is 27.5. The van der Waals surface area contributed by atoms with Crippen LogP contribution in [0.1, 0.15) is 225 Å². The molecule has 0 nitrogen and oxygen atoms in total. The Hall–Kier alpha value is -9.36.